The predicted molar refractivity (Wildman–Crippen MR) is 112 cm³/mol. The molecule has 0 saturated heterocycles. The van der Waals surface area contributed by atoms with E-state index in [4.69, 9.17) is 0 Å². The summed E-state index contributed by atoms with van der Waals surface area (Å²) < 4.78 is 1.31. The molecule has 1 aromatic heterocycles. The average molecular weight is 392 g/mol. The zero-order valence-corrected chi connectivity index (χ0v) is 16.4. The van der Waals surface area contributed by atoms with Gasteiger partial charge in [-0.15, -0.1) is 0 Å². The summed E-state index contributed by atoms with van der Waals surface area (Å²) in [5.41, 5.74) is 0.835. The van der Waals surface area contributed by atoms with E-state index in [-0.39, 0.29) is 36.7 Å². The minimum absolute atomic E-state index is 0.112. The van der Waals surface area contributed by atoms with Crippen LogP contribution in [0.25, 0.3) is 10.8 Å². The maximum absolute atomic E-state index is 12.8. The minimum Gasteiger partial charge on any atom is -0.356 e. The van der Waals surface area contributed by atoms with Crippen LogP contribution in [0, 0.1) is 0 Å². The molecule has 1 heterocycles. The molecule has 0 atom stereocenters. The van der Waals surface area contributed by atoms with Gasteiger partial charge < -0.3 is 10.6 Å². The van der Waals surface area contributed by atoms with E-state index >= 15 is 0 Å². The number of hydrogen-bond acceptors (Lipinski definition) is 4. The number of nitrogens with one attached hydrogen (secondary N) is 2. The van der Waals surface area contributed by atoms with Crippen LogP contribution in [0.5, 0.6) is 0 Å². The van der Waals surface area contributed by atoms with Gasteiger partial charge in [-0.1, -0.05) is 55.5 Å². The van der Waals surface area contributed by atoms with Crippen molar-refractivity contribution >= 4 is 22.6 Å². The van der Waals surface area contributed by atoms with Gasteiger partial charge in [0.2, 0.25) is 5.91 Å². The van der Waals surface area contributed by atoms with E-state index in [1.54, 1.807) is 24.3 Å². The SMILES string of the molecule is CCCNC(=O)CCNC(=O)c1nn(Cc2ccccc2)c(=O)c2ccccc12. The predicted octanol–water partition coefficient (Wildman–Crippen LogP) is 2.09. The summed E-state index contributed by atoms with van der Waals surface area (Å²) in [7, 11) is 0. The van der Waals surface area contributed by atoms with Gasteiger partial charge in [-0.25, -0.2) is 4.68 Å². The standard InChI is InChI=1S/C22H24N4O3/c1-2-13-23-19(27)12-14-24-21(28)20-17-10-6-7-11-18(17)22(29)26(25-20)15-16-8-4-3-5-9-16/h3-11H,2,12-15H2,1H3,(H,23,27)(H,24,28). The van der Waals surface area contributed by atoms with Crippen molar-refractivity contribution in [1.82, 2.24) is 20.4 Å². The van der Waals surface area contributed by atoms with Gasteiger partial charge in [0.25, 0.3) is 11.5 Å². The molecule has 150 valence electrons. The monoisotopic (exact) mass is 392 g/mol. The maximum atomic E-state index is 12.8. The Bertz CT molecular complexity index is 1060. The summed E-state index contributed by atoms with van der Waals surface area (Å²) >= 11 is 0. The molecule has 29 heavy (non-hydrogen) atoms. The highest BCUT2D eigenvalue weighted by atomic mass is 16.2. The third kappa shape index (κ3) is 5.07. The number of aromatic nitrogens is 2. The summed E-state index contributed by atoms with van der Waals surface area (Å²) in [6.07, 6.45) is 1.05. The molecule has 0 aliphatic heterocycles. The largest absolute Gasteiger partial charge is 0.356 e. The lowest BCUT2D eigenvalue weighted by Crippen LogP contribution is -2.33. The van der Waals surface area contributed by atoms with Gasteiger partial charge in [0.05, 0.1) is 11.9 Å². The van der Waals surface area contributed by atoms with Crippen molar-refractivity contribution < 1.29 is 9.59 Å². The van der Waals surface area contributed by atoms with Gasteiger partial charge in [0.1, 0.15) is 0 Å². The van der Waals surface area contributed by atoms with Crippen molar-refractivity contribution in [3.8, 4) is 0 Å². The normalized spacial score (nSPS) is 10.7. The van der Waals surface area contributed by atoms with Crippen LogP contribution >= 0.6 is 0 Å². The van der Waals surface area contributed by atoms with E-state index in [9.17, 15) is 14.4 Å². The summed E-state index contributed by atoms with van der Waals surface area (Å²) in [4.78, 5) is 37.3. The number of amides is 2. The van der Waals surface area contributed by atoms with E-state index in [0.717, 1.165) is 12.0 Å². The molecule has 0 aliphatic carbocycles. The fourth-order valence-electron chi connectivity index (χ4n) is 2.99. The number of carbonyl (C=O) groups is 2. The number of hydrogen-bond donors (Lipinski definition) is 2. The van der Waals surface area contributed by atoms with Gasteiger partial charge in [0.15, 0.2) is 5.69 Å². The topological polar surface area (TPSA) is 93.1 Å². The van der Waals surface area contributed by atoms with Gasteiger partial charge in [-0.3, -0.25) is 14.4 Å². The zero-order valence-electron chi connectivity index (χ0n) is 16.4. The third-order valence-corrected chi connectivity index (χ3v) is 4.47. The average Bonchev–Trinajstić information content (AvgIpc) is 2.75. The molecule has 2 N–H and O–H groups in total. The minimum atomic E-state index is -0.411. The lowest BCUT2D eigenvalue weighted by Gasteiger charge is -2.11. The van der Waals surface area contributed by atoms with E-state index in [0.29, 0.717) is 17.3 Å². The van der Waals surface area contributed by atoms with Crippen LogP contribution < -0.4 is 16.2 Å². The molecular weight excluding hydrogens is 368 g/mol. The van der Waals surface area contributed by atoms with Gasteiger partial charge in [-0.05, 0) is 18.1 Å². The molecule has 2 aromatic carbocycles. The Balaban J connectivity index is 1.84. The van der Waals surface area contributed by atoms with Crippen LogP contribution in [0.1, 0.15) is 35.8 Å². The third-order valence-electron chi connectivity index (χ3n) is 4.47. The second-order valence-corrected chi connectivity index (χ2v) is 6.70. The highest BCUT2D eigenvalue weighted by Gasteiger charge is 2.17. The fourth-order valence-corrected chi connectivity index (χ4v) is 2.99. The highest BCUT2D eigenvalue weighted by molar-refractivity contribution is 6.04. The van der Waals surface area contributed by atoms with Crippen molar-refractivity contribution in [2.45, 2.75) is 26.3 Å². The van der Waals surface area contributed by atoms with Gasteiger partial charge in [-0.2, -0.15) is 5.10 Å². The van der Waals surface area contributed by atoms with Crippen molar-refractivity contribution in [3.63, 3.8) is 0 Å². The van der Waals surface area contributed by atoms with E-state index in [1.807, 2.05) is 37.3 Å². The van der Waals surface area contributed by atoms with E-state index in [1.165, 1.54) is 4.68 Å². The second kappa shape index (κ2) is 9.64. The van der Waals surface area contributed by atoms with Crippen LogP contribution in [0.3, 0.4) is 0 Å². The molecule has 2 amide bonds. The summed E-state index contributed by atoms with van der Waals surface area (Å²) in [6, 6.07) is 16.4. The van der Waals surface area contributed by atoms with Crippen LogP contribution in [0.4, 0.5) is 0 Å². The molecule has 7 heteroatoms. The molecule has 3 rings (SSSR count). The van der Waals surface area contributed by atoms with Crippen LogP contribution in [-0.4, -0.2) is 34.7 Å². The number of carbonyl (C=O) groups excluding carboxylic acids is 2. The Morgan fingerprint density at radius 1 is 0.931 bits per heavy atom. The number of nitrogens with zero attached hydrogens (tertiary/aromatic N) is 2. The van der Waals surface area contributed by atoms with Gasteiger partial charge >= 0.3 is 0 Å². The molecule has 0 aliphatic rings. The second-order valence-electron chi connectivity index (χ2n) is 6.70. The number of fused-ring (bicyclic) bond motifs is 1. The molecule has 0 spiro atoms. The molecule has 0 bridgehead atoms. The molecule has 0 unspecified atom stereocenters. The number of benzene rings is 2. The molecule has 0 fully saturated rings. The summed E-state index contributed by atoms with van der Waals surface area (Å²) in [5, 5.41) is 10.8. The van der Waals surface area contributed by atoms with E-state index < -0.39 is 5.91 Å². The summed E-state index contributed by atoms with van der Waals surface area (Å²) in [6.45, 7) is 3.05. The van der Waals surface area contributed by atoms with Crippen molar-refractivity contribution in [2.24, 2.45) is 0 Å². The molecule has 0 radical (unpaired) electrons. The quantitative estimate of drug-likeness (QED) is 0.614. The molecular formula is C22H24N4O3. The first kappa shape index (κ1) is 20.3. The first-order chi connectivity index (χ1) is 14.1. The Morgan fingerprint density at radius 3 is 2.34 bits per heavy atom. The number of rotatable bonds is 8. The highest BCUT2D eigenvalue weighted by Crippen LogP contribution is 2.14. The van der Waals surface area contributed by atoms with Crippen molar-refractivity contribution in [2.75, 3.05) is 13.1 Å². The Morgan fingerprint density at radius 2 is 1.62 bits per heavy atom. The van der Waals surface area contributed by atoms with Crippen LogP contribution in [0.15, 0.2) is 59.4 Å². The lowest BCUT2D eigenvalue weighted by atomic mass is 10.1. The Kier molecular flexibility index (Phi) is 6.73. The van der Waals surface area contributed by atoms with Crippen molar-refractivity contribution in [3.05, 3.63) is 76.2 Å². The van der Waals surface area contributed by atoms with Crippen LogP contribution in [0.2, 0.25) is 0 Å². The first-order valence-corrected chi connectivity index (χ1v) is 9.69. The Hall–Kier alpha value is -3.48. The van der Waals surface area contributed by atoms with Crippen molar-refractivity contribution in [1.29, 1.82) is 0 Å². The smallest absolute Gasteiger partial charge is 0.274 e. The zero-order chi connectivity index (χ0) is 20.6. The maximum Gasteiger partial charge on any atom is 0.274 e. The first-order valence-electron chi connectivity index (χ1n) is 9.69. The molecule has 7 nitrogen and oxygen atoms in total. The molecule has 3 aromatic rings. The molecule has 0 saturated carbocycles. The summed E-state index contributed by atoms with van der Waals surface area (Å²) in [5.74, 6) is -0.523. The van der Waals surface area contributed by atoms with Gasteiger partial charge in [0, 0.05) is 24.9 Å². The van der Waals surface area contributed by atoms with Crippen LogP contribution in [-0.2, 0) is 11.3 Å². The Labute approximate surface area is 168 Å². The van der Waals surface area contributed by atoms with E-state index in [2.05, 4.69) is 15.7 Å². The fraction of sp³-hybridized carbons (Fsp3) is 0.273. The lowest BCUT2D eigenvalue weighted by molar-refractivity contribution is -0.120.